The van der Waals surface area contributed by atoms with E-state index >= 15 is 0 Å². The van der Waals surface area contributed by atoms with Crippen LogP contribution in [0.1, 0.15) is 38.8 Å². The lowest BCUT2D eigenvalue weighted by atomic mass is 10.0. The summed E-state index contributed by atoms with van der Waals surface area (Å²) in [5.74, 6) is 0.820. The number of amides is 1. The first kappa shape index (κ1) is 16.3. The van der Waals surface area contributed by atoms with Crippen LogP contribution in [-0.4, -0.2) is 35.7 Å². The van der Waals surface area contributed by atoms with Crippen molar-refractivity contribution in [2.45, 2.75) is 44.2 Å². The van der Waals surface area contributed by atoms with Gasteiger partial charge in [0.25, 0.3) is 0 Å². The highest BCUT2D eigenvalue weighted by molar-refractivity contribution is 7.99. The highest BCUT2D eigenvalue weighted by Crippen LogP contribution is 2.37. The molecule has 0 radical (unpaired) electrons. The standard InChI is InChI=1S/C16H23FN2OS/c1-4-19(5-2)16(20)11(3)18-14-9-10-21-15-12(14)7-6-8-13(15)17/h6-8,11,14,18H,4-5,9-10H2,1-3H3. The van der Waals surface area contributed by atoms with Gasteiger partial charge in [0.15, 0.2) is 0 Å². The van der Waals surface area contributed by atoms with Crippen molar-refractivity contribution in [1.29, 1.82) is 0 Å². The Balaban J connectivity index is 2.11. The van der Waals surface area contributed by atoms with Crippen LogP contribution in [0.4, 0.5) is 4.39 Å². The molecule has 21 heavy (non-hydrogen) atoms. The molecular weight excluding hydrogens is 287 g/mol. The second-order valence-corrected chi connectivity index (χ2v) is 6.35. The Labute approximate surface area is 130 Å². The maximum atomic E-state index is 13.9. The number of thioether (sulfide) groups is 1. The van der Waals surface area contributed by atoms with Gasteiger partial charge in [0.2, 0.25) is 5.91 Å². The third-order valence-electron chi connectivity index (χ3n) is 3.92. The fraction of sp³-hybridized carbons (Fsp3) is 0.562. The highest BCUT2D eigenvalue weighted by Gasteiger charge is 2.27. The number of hydrogen-bond acceptors (Lipinski definition) is 3. The van der Waals surface area contributed by atoms with Crippen LogP contribution >= 0.6 is 11.8 Å². The number of benzene rings is 1. The summed E-state index contributed by atoms with van der Waals surface area (Å²) in [5.41, 5.74) is 0.977. The minimum atomic E-state index is -0.255. The monoisotopic (exact) mass is 310 g/mol. The number of likely N-dealkylation sites (N-methyl/N-ethyl adjacent to an activating group) is 1. The molecule has 2 unspecified atom stereocenters. The predicted octanol–water partition coefficient (Wildman–Crippen LogP) is 3.21. The minimum Gasteiger partial charge on any atom is -0.342 e. The van der Waals surface area contributed by atoms with Crippen molar-refractivity contribution in [2.75, 3.05) is 18.8 Å². The summed E-state index contributed by atoms with van der Waals surface area (Å²) in [6.07, 6.45) is 0.914. The molecule has 1 aromatic rings. The molecule has 0 aliphatic carbocycles. The van der Waals surface area contributed by atoms with Crippen LogP contribution in [0.25, 0.3) is 0 Å². The molecule has 0 fully saturated rings. The van der Waals surface area contributed by atoms with Gasteiger partial charge in [0, 0.05) is 24.0 Å². The van der Waals surface area contributed by atoms with Gasteiger partial charge in [0.1, 0.15) is 5.82 Å². The van der Waals surface area contributed by atoms with Crippen LogP contribution in [0.5, 0.6) is 0 Å². The summed E-state index contributed by atoms with van der Waals surface area (Å²) < 4.78 is 13.9. The molecule has 2 rings (SSSR count). The number of nitrogens with zero attached hydrogens (tertiary/aromatic N) is 1. The van der Waals surface area contributed by atoms with E-state index in [1.807, 2.05) is 31.7 Å². The van der Waals surface area contributed by atoms with Gasteiger partial charge in [-0.2, -0.15) is 0 Å². The van der Waals surface area contributed by atoms with E-state index in [9.17, 15) is 9.18 Å². The number of carbonyl (C=O) groups excluding carboxylic acids is 1. The lowest BCUT2D eigenvalue weighted by Gasteiger charge is -2.30. The Kier molecular flexibility index (Phi) is 5.65. The van der Waals surface area contributed by atoms with Gasteiger partial charge < -0.3 is 4.90 Å². The van der Waals surface area contributed by atoms with Gasteiger partial charge in [0.05, 0.1) is 6.04 Å². The number of carbonyl (C=O) groups is 1. The SMILES string of the molecule is CCN(CC)C(=O)C(C)NC1CCSc2c(F)cccc21. The van der Waals surface area contributed by atoms with E-state index < -0.39 is 0 Å². The van der Waals surface area contributed by atoms with Crippen molar-refractivity contribution in [3.8, 4) is 0 Å². The molecular formula is C16H23FN2OS. The number of nitrogens with one attached hydrogen (secondary N) is 1. The van der Waals surface area contributed by atoms with Gasteiger partial charge >= 0.3 is 0 Å². The summed E-state index contributed by atoms with van der Waals surface area (Å²) in [7, 11) is 0. The Hall–Kier alpha value is -1.07. The Morgan fingerprint density at radius 2 is 2.19 bits per heavy atom. The molecule has 0 aromatic heterocycles. The number of halogens is 1. The van der Waals surface area contributed by atoms with Crippen molar-refractivity contribution >= 4 is 17.7 Å². The maximum Gasteiger partial charge on any atom is 0.239 e. The predicted molar refractivity (Wildman–Crippen MR) is 85.0 cm³/mol. The molecule has 1 aliphatic heterocycles. The zero-order valence-electron chi connectivity index (χ0n) is 12.9. The van der Waals surface area contributed by atoms with E-state index in [1.54, 1.807) is 17.8 Å². The van der Waals surface area contributed by atoms with Gasteiger partial charge in [-0.15, -0.1) is 11.8 Å². The van der Waals surface area contributed by atoms with E-state index in [0.29, 0.717) is 13.1 Å². The van der Waals surface area contributed by atoms with Crippen LogP contribution in [0, 0.1) is 5.82 Å². The fourth-order valence-corrected chi connectivity index (χ4v) is 3.88. The van der Waals surface area contributed by atoms with Crippen molar-refractivity contribution in [3.63, 3.8) is 0 Å². The summed E-state index contributed by atoms with van der Waals surface area (Å²) in [4.78, 5) is 14.9. The average molecular weight is 310 g/mol. The van der Waals surface area contributed by atoms with Gasteiger partial charge in [-0.3, -0.25) is 10.1 Å². The lowest BCUT2D eigenvalue weighted by molar-refractivity contribution is -0.132. The molecule has 116 valence electrons. The summed E-state index contributed by atoms with van der Waals surface area (Å²) >= 11 is 1.56. The highest BCUT2D eigenvalue weighted by atomic mass is 32.2. The molecule has 3 nitrogen and oxygen atoms in total. The number of hydrogen-bond donors (Lipinski definition) is 1. The van der Waals surface area contributed by atoms with Crippen molar-refractivity contribution in [2.24, 2.45) is 0 Å². The maximum absolute atomic E-state index is 13.9. The topological polar surface area (TPSA) is 32.3 Å². The summed E-state index contributed by atoms with van der Waals surface area (Å²) in [5, 5.41) is 3.38. The summed E-state index contributed by atoms with van der Waals surface area (Å²) in [6, 6.07) is 4.99. The van der Waals surface area contributed by atoms with E-state index in [2.05, 4.69) is 5.32 Å². The molecule has 0 bridgehead atoms. The van der Waals surface area contributed by atoms with E-state index in [-0.39, 0.29) is 23.8 Å². The second-order valence-electron chi connectivity index (χ2n) is 5.25. The molecule has 0 saturated heterocycles. The van der Waals surface area contributed by atoms with Crippen LogP contribution in [-0.2, 0) is 4.79 Å². The van der Waals surface area contributed by atoms with Crippen molar-refractivity contribution in [3.05, 3.63) is 29.6 Å². The minimum absolute atomic E-state index is 0.0477. The Bertz CT molecular complexity index is 505. The second kappa shape index (κ2) is 7.27. The Morgan fingerprint density at radius 3 is 2.86 bits per heavy atom. The molecule has 1 aliphatic rings. The average Bonchev–Trinajstić information content (AvgIpc) is 2.49. The molecule has 2 atom stereocenters. The van der Waals surface area contributed by atoms with E-state index in [0.717, 1.165) is 22.6 Å². The van der Waals surface area contributed by atoms with Gasteiger partial charge in [-0.05, 0) is 44.6 Å². The fourth-order valence-electron chi connectivity index (χ4n) is 2.74. The molecule has 0 saturated carbocycles. The first-order valence-electron chi connectivity index (χ1n) is 7.54. The Morgan fingerprint density at radius 1 is 1.48 bits per heavy atom. The molecule has 1 heterocycles. The largest absolute Gasteiger partial charge is 0.342 e. The summed E-state index contributed by atoms with van der Waals surface area (Å²) in [6.45, 7) is 7.29. The number of fused-ring (bicyclic) bond motifs is 1. The van der Waals surface area contributed by atoms with Gasteiger partial charge in [-0.1, -0.05) is 12.1 Å². The molecule has 1 N–H and O–H groups in total. The number of rotatable bonds is 5. The first-order chi connectivity index (χ1) is 10.1. The smallest absolute Gasteiger partial charge is 0.239 e. The van der Waals surface area contributed by atoms with Crippen LogP contribution in [0.15, 0.2) is 23.1 Å². The van der Waals surface area contributed by atoms with E-state index in [1.165, 1.54) is 6.07 Å². The molecule has 0 spiro atoms. The van der Waals surface area contributed by atoms with Crippen molar-refractivity contribution < 1.29 is 9.18 Å². The first-order valence-corrected chi connectivity index (χ1v) is 8.53. The molecule has 5 heteroatoms. The van der Waals surface area contributed by atoms with Crippen LogP contribution in [0.3, 0.4) is 0 Å². The lowest BCUT2D eigenvalue weighted by Crippen LogP contribution is -2.46. The zero-order valence-corrected chi connectivity index (χ0v) is 13.7. The quantitative estimate of drug-likeness (QED) is 0.906. The van der Waals surface area contributed by atoms with Crippen LogP contribution < -0.4 is 5.32 Å². The zero-order chi connectivity index (χ0) is 15.4. The van der Waals surface area contributed by atoms with Crippen molar-refractivity contribution in [1.82, 2.24) is 10.2 Å². The van der Waals surface area contributed by atoms with Gasteiger partial charge in [-0.25, -0.2) is 4.39 Å². The normalized spacial score (nSPS) is 19.0. The van der Waals surface area contributed by atoms with Crippen LogP contribution in [0.2, 0.25) is 0 Å². The third-order valence-corrected chi connectivity index (χ3v) is 5.08. The third kappa shape index (κ3) is 3.58. The molecule has 1 aromatic carbocycles. The molecule has 1 amide bonds. The van der Waals surface area contributed by atoms with E-state index in [4.69, 9.17) is 0 Å².